The van der Waals surface area contributed by atoms with Crippen molar-refractivity contribution < 1.29 is 9.13 Å². The van der Waals surface area contributed by atoms with Crippen molar-refractivity contribution in [1.82, 2.24) is 0 Å². The zero-order valence-electron chi connectivity index (χ0n) is 8.25. The van der Waals surface area contributed by atoms with Gasteiger partial charge >= 0.3 is 0 Å². The molecule has 1 aromatic rings. The molecule has 0 saturated heterocycles. The first-order valence-corrected chi connectivity index (χ1v) is 4.50. The van der Waals surface area contributed by atoms with Crippen molar-refractivity contribution in [3.05, 3.63) is 29.8 Å². The lowest BCUT2D eigenvalue weighted by molar-refractivity contribution is 0.0860. The number of benzene rings is 1. The minimum absolute atomic E-state index is 0.497. The van der Waals surface area contributed by atoms with Gasteiger partial charge in [-0.1, -0.05) is 26.0 Å². The monoisotopic (exact) mass is 182 g/mol. The van der Waals surface area contributed by atoms with E-state index >= 15 is 0 Å². The van der Waals surface area contributed by atoms with E-state index in [1.54, 1.807) is 12.1 Å². The maximum atomic E-state index is 12.4. The van der Waals surface area contributed by atoms with Gasteiger partial charge in [-0.25, -0.2) is 4.39 Å². The first-order valence-electron chi connectivity index (χ1n) is 4.50. The van der Waals surface area contributed by atoms with Crippen LogP contribution in [0.1, 0.15) is 32.3 Å². The topological polar surface area (TPSA) is 9.23 Å². The van der Waals surface area contributed by atoms with Crippen LogP contribution < -0.4 is 4.74 Å². The predicted octanol–water partition coefficient (Wildman–Crippen LogP) is 3.50. The molecule has 72 valence electrons. The van der Waals surface area contributed by atoms with Crippen LogP contribution in [0.25, 0.3) is 0 Å². The van der Waals surface area contributed by atoms with Gasteiger partial charge < -0.3 is 4.74 Å². The summed E-state index contributed by atoms with van der Waals surface area (Å²) in [6.07, 6.45) is -1.25. The van der Waals surface area contributed by atoms with Crippen molar-refractivity contribution in [2.24, 2.45) is 0 Å². The average molecular weight is 182 g/mol. The van der Waals surface area contributed by atoms with Crippen LogP contribution >= 0.6 is 0 Å². The second kappa shape index (κ2) is 4.26. The molecule has 0 aliphatic heterocycles. The molecule has 0 aliphatic carbocycles. The molecule has 1 aromatic carbocycles. The van der Waals surface area contributed by atoms with Crippen LogP contribution in [0.4, 0.5) is 4.39 Å². The highest BCUT2D eigenvalue weighted by atomic mass is 19.1. The molecule has 0 radical (unpaired) electrons. The van der Waals surface area contributed by atoms with E-state index in [0.29, 0.717) is 11.7 Å². The molecule has 0 spiro atoms. The van der Waals surface area contributed by atoms with E-state index in [9.17, 15) is 4.39 Å². The van der Waals surface area contributed by atoms with Crippen LogP contribution in [0.15, 0.2) is 24.3 Å². The van der Waals surface area contributed by atoms with Gasteiger partial charge in [0.05, 0.1) is 0 Å². The molecule has 1 rings (SSSR count). The summed E-state index contributed by atoms with van der Waals surface area (Å²) in [5, 5.41) is 0. The van der Waals surface area contributed by atoms with Crippen LogP contribution in [0.3, 0.4) is 0 Å². The molecule has 13 heavy (non-hydrogen) atoms. The van der Waals surface area contributed by atoms with Gasteiger partial charge in [0.15, 0.2) is 0 Å². The minimum Gasteiger partial charge on any atom is -0.461 e. The van der Waals surface area contributed by atoms with Crippen molar-refractivity contribution in [1.29, 1.82) is 0 Å². The second-order valence-electron chi connectivity index (χ2n) is 3.38. The van der Waals surface area contributed by atoms with Crippen molar-refractivity contribution in [2.45, 2.75) is 33.0 Å². The first kappa shape index (κ1) is 10.0. The largest absolute Gasteiger partial charge is 0.461 e. The molecule has 0 fully saturated rings. The number of ether oxygens (including phenoxy) is 1. The lowest BCUT2D eigenvalue weighted by Gasteiger charge is -2.09. The zero-order chi connectivity index (χ0) is 9.84. The summed E-state index contributed by atoms with van der Waals surface area (Å²) in [5.74, 6) is 1.08. The van der Waals surface area contributed by atoms with Crippen molar-refractivity contribution >= 4 is 0 Å². The molecule has 0 aromatic heterocycles. The third-order valence-corrected chi connectivity index (χ3v) is 1.85. The van der Waals surface area contributed by atoms with Gasteiger partial charge in [-0.05, 0) is 23.6 Å². The highest BCUT2D eigenvalue weighted by molar-refractivity contribution is 5.28. The Morgan fingerprint density at radius 2 is 1.62 bits per heavy atom. The third kappa shape index (κ3) is 3.05. The third-order valence-electron chi connectivity index (χ3n) is 1.85. The van der Waals surface area contributed by atoms with Gasteiger partial charge in [0.25, 0.3) is 0 Å². The Morgan fingerprint density at radius 1 is 1.08 bits per heavy atom. The minimum atomic E-state index is -1.25. The molecule has 0 saturated carbocycles. The maximum absolute atomic E-state index is 12.4. The van der Waals surface area contributed by atoms with E-state index in [2.05, 4.69) is 13.8 Å². The molecule has 2 heteroatoms. The highest BCUT2D eigenvalue weighted by Gasteiger charge is 2.01. The summed E-state index contributed by atoms with van der Waals surface area (Å²) in [7, 11) is 0. The molecule has 0 amide bonds. The van der Waals surface area contributed by atoms with Crippen molar-refractivity contribution in [3.8, 4) is 5.75 Å². The van der Waals surface area contributed by atoms with E-state index in [1.807, 2.05) is 12.1 Å². The van der Waals surface area contributed by atoms with Crippen molar-refractivity contribution in [2.75, 3.05) is 0 Å². The standard InChI is InChI=1S/C11H15FO/c1-8(2)10-4-6-11(7-5-10)13-9(3)12/h4-9H,1-3H3. The van der Waals surface area contributed by atoms with Gasteiger partial charge in [-0.15, -0.1) is 0 Å². The van der Waals surface area contributed by atoms with Gasteiger partial charge in [0.1, 0.15) is 5.75 Å². The first-order chi connectivity index (χ1) is 6.09. The van der Waals surface area contributed by atoms with Crippen LogP contribution in [0.5, 0.6) is 5.75 Å². The summed E-state index contributed by atoms with van der Waals surface area (Å²) in [6, 6.07) is 7.52. The predicted molar refractivity (Wildman–Crippen MR) is 51.7 cm³/mol. The average Bonchev–Trinajstić information content (AvgIpc) is 2.04. The summed E-state index contributed by atoms with van der Waals surface area (Å²) in [6.45, 7) is 5.61. The number of alkyl halides is 1. The molecule has 0 aliphatic rings. The van der Waals surface area contributed by atoms with E-state index in [-0.39, 0.29) is 0 Å². The Bertz CT molecular complexity index is 251. The fraction of sp³-hybridized carbons (Fsp3) is 0.455. The molecular formula is C11H15FO. The smallest absolute Gasteiger partial charge is 0.235 e. The fourth-order valence-electron chi connectivity index (χ4n) is 1.12. The van der Waals surface area contributed by atoms with E-state index < -0.39 is 6.36 Å². The molecule has 0 heterocycles. The number of hydrogen-bond acceptors (Lipinski definition) is 1. The van der Waals surface area contributed by atoms with Gasteiger partial charge in [0.2, 0.25) is 6.36 Å². The molecule has 1 nitrogen and oxygen atoms in total. The molecular weight excluding hydrogens is 167 g/mol. The molecule has 1 unspecified atom stereocenters. The Hall–Kier alpha value is -1.05. The number of hydrogen-bond donors (Lipinski definition) is 0. The van der Waals surface area contributed by atoms with Crippen LogP contribution in [-0.4, -0.2) is 6.36 Å². The summed E-state index contributed by atoms with van der Waals surface area (Å²) < 4.78 is 17.3. The number of rotatable bonds is 3. The van der Waals surface area contributed by atoms with E-state index in [0.717, 1.165) is 0 Å². The van der Waals surface area contributed by atoms with Crippen LogP contribution in [0, 0.1) is 0 Å². The maximum Gasteiger partial charge on any atom is 0.235 e. The molecule has 0 bridgehead atoms. The molecule has 1 atom stereocenters. The van der Waals surface area contributed by atoms with E-state index in [1.165, 1.54) is 12.5 Å². The van der Waals surface area contributed by atoms with Crippen LogP contribution in [0.2, 0.25) is 0 Å². The SMILES string of the molecule is CC(F)Oc1ccc(C(C)C)cc1. The van der Waals surface area contributed by atoms with Gasteiger partial charge in [0, 0.05) is 6.92 Å². The Kier molecular flexibility index (Phi) is 3.29. The Morgan fingerprint density at radius 3 is 2.00 bits per heavy atom. The second-order valence-corrected chi connectivity index (χ2v) is 3.38. The lowest BCUT2D eigenvalue weighted by atomic mass is 10.0. The summed E-state index contributed by atoms with van der Waals surface area (Å²) >= 11 is 0. The Balaban J connectivity index is 2.70. The van der Waals surface area contributed by atoms with E-state index in [4.69, 9.17) is 4.74 Å². The van der Waals surface area contributed by atoms with Gasteiger partial charge in [-0.2, -0.15) is 0 Å². The highest BCUT2D eigenvalue weighted by Crippen LogP contribution is 2.19. The van der Waals surface area contributed by atoms with Crippen molar-refractivity contribution in [3.63, 3.8) is 0 Å². The normalized spacial score (nSPS) is 13.0. The zero-order valence-corrected chi connectivity index (χ0v) is 8.25. The van der Waals surface area contributed by atoms with Crippen LogP contribution in [-0.2, 0) is 0 Å². The fourth-order valence-corrected chi connectivity index (χ4v) is 1.12. The summed E-state index contributed by atoms with van der Waals surface area (Å²) in [5.41, 5.74) is 1.24. The quantitative estimate of drug-likeness (QED) is 0.695. The number of halogens is 1. The van der Waals surface area contributed by atoms with Gasteiger partial charge in [-0.3, -0.25) is 0 Å². The molecule has 0 N–H and O–H groups in total. The Labute approximate surface area is 78.5 Å². The lowest BCUT2D eigenvalue weighted by Crippen LogP contribution is -2.03. The summed E-state index contributed by atoms with van der Waals surface area (Å²) in [4.78, 5) is 0.